The van der Waals surface area contributed by atoms with E-state index < -0.39 is 8.07 Å². The van der Waals surface area contributed by atoms with Gasteiger partial charge in [0.1, 0.15) is 0 Å². The van der Waals surface area contributed by atoms with E-state index in [1.165, 1.54) is 21.9 Å². The number of benzene rings is 2. The van der Waals surface area contributed by atoms with E-state index in [0.29, 0.717) is 5.88 Å². The summed E-state index contributed by atoms with van der Waals surface area (Å²) in [7, 11) is -1.47. The highest BCUT2D eigenvalue weighted by Crippen LogP contribution is 2.28. The van der Waals surface area contributed by atoms with Gasteiger partial charge in [-0.3, -0.25) is 0 Å². The zero-order chi connectivity index (χ0) is 16.0. The molecule has 2 aromatic carbocycles. The van der Waals surface area contributed by atoms with Crippen molar-refractivity contribution in [3.63, 3.8) is 0 Å². The molecule has 0 bridgehead atoms. The number of alkyl halides is 1. The molecule has 2 aromatic rings. The van der Waals surface area contributed by atoms with E-state index in [9.17, 15) is 0 Å². The number of rotatable bonds is 5. The van der Waals surface area contributed by atoms with Crippen LogP contribution in [0.5, 0.6) is 0 Å². The molecule has 0 fully saturated rings. The highest BCUT2D eigenvalue weighted by Gasteiger charge is 2.22. The van der Waals surface area contributed by atoms with Gasteiger partial charge in [0, 0.05) is 5.88 Å². The number of hydrogen-bond donors (Lipinski definition) is 0. The summed E-state index contributed by atoms with van der Waals surface area (Å²) in [6.45, 7) is 7.05. The molecule has 2 heteroatoms. The Morgan fingerprint density at radius 3 is 1.95 bits per heavy atom. The number of halogens is 1. The van der Waals surface area contributed by atoms with E-state index >= 15 is 0 Å². The maximum absolute atomic E-state index is 6.32. The predicted molar refractivity (Wildman–Crippen MR) is 103 cm³/mol. The molecule has 0 nitrogen and oxygen atoms in total. The molecule has 0 aliphatic heterocycles. The largest absolute Gasteiger partial charge is 0.122 e. The number of hydrogen-bond acceptors (Lipinski definition) is 0. The average molecular weight is 327 g/mol. The zero-order valence-corrected chi connectivity index (χ0v) is 15.3. The third-order valence-electron chi connectivity index (χ3n) is 3.69. The van der Waals surface area contributed by atoms with Gasteiger partial charge in [0.2, 0.25) is 0 Å². The summed E-state index contributed by atoms with van der Waals surface area (Å²) in [5, 5.41) is 1.40. The van der Waals surface area contributed by atoms with E-state index in [1.54, 1.807) is 0 Å². The van der Waals surface area contributed by atoms with Crippen LogP contribution in [-0.2, 0) is 0 Å². The van der Waals surface area contributed by atoms with Gasteiger partial charge in [-0.25, -0.2) is 0 Å². The second kappa shape index (κ2) is 7.62. The average Bonchev–Trinajstić information content (AvgIpc) is 2.52. The predicted octanol–water partition coefficient (Wildman–Crippen LogP) is 6.27. The molecule has 114 valence electrons. The van der Waals surface area contributed by atoms with Crippen LogP contribution in [0, 0.1) is 0 Å². The second-order valence-corrected chi connectivity index (χ2v) is 11.8. The summed E-state index contributed by atoms with van der Waals surface area (Å²) in [4.78, 5) is 0. The molecule has 0 atom stereocenters. The molecule has 0 radical (unpaired) electrons. The minimum absolute atomic E-state index is 0.596. The van der Waals surface area contributed by atoms with Crippen LogP contribution in [0.25, 0.3) is 11.6 Å². The van der Waals surface area contributed by atoms with E-state index in [4.69, 9.17) is 11.6 Å². The fourth-order valence-corrected chi connectivity index (χ4v) is 5.19. The van der Waals surface area contributed by atoms with Crippen molar-refractivity contribution in [3.05, 3.63) is 83.1 Å². The summed E-state index contributed by atoms with van der Waals surface area (Å²) in [6.07, 6.45) is 4.40. The quantitative estimate of drug-likeness (QED) is 0.345. The molecule has 0 saturated carbocycles. The molecule has 0 spiro atoms. The molecule has 2 rings (SSSR count). The first kappa shape index (κ1) is 16.8. The van der Waals surface area contributed by atoms with Gasteiger partial charge in [-0.15, -0.1) is 11.6 Å². The van der Waals surface area contributed by atoms with Crippen LogP contribution in [0.3, 0.4) is 0 Å². The van der Waals surface area contributed by atoms with Gasteiger partial charge in [0.05, 0.1) is 8.07 Å². The Hall–Kier alpha value is -1.57. The molecule has 0 amide bonds. The van der Waals surface area contributed by atoms with E-state index in [0.717, 1.165) is 0 Å². The summed E-state index contributed by atoms with van der Waals surface area (Å²) in [6, 6.07) is 21.0. The van der Waals surface area contributed by atoms with Crippen molar-refractivity contribution in [2.45, 2.75) is 19.6 Å². The molecule has 0 heterocycles. The molecule has 0 aromatic heterocycles. The molecule has 0 unspecified atom stereocenters. The van der Waals surface area contributed by atoms with Crippen molar-refractivity contribution in [2.75, 3.05) is 5.88 Å². The molecular formula is C20H23ClSi. The third-order valence-corrected chi connectivity index (χ3v) is 6.44. The summed E-state index contributed by atoms with van der Waals surface area (Å²) in [5.74, 6) is 0.596. The normalized spacial score (nSPS) is 13.3. The van der Waals surface area contributed by atoms with Gasteiger partial charge in [-0.1, -0.05) is 97.7 Å². The highest BCUT2D eigenvalue weighted by molar-refractivity contribution is 6.84. The molecule has 0 N–H and O–H groups in total. The SMILES string of the molecule is C[Si](C)(C)/C(CCl)=C(/C=C/c1ccccc1)c1ccccc1. The minimum atomic E-state index is -1.47. The first-order valence-corrected chi connectivity index (χ1v) is 11.6. The summed E-state index contributed by atoms with van der Waals surface area (Å²) in [5.41, 5.74) is 3.73. The van der Waals surface area contributed by atoms with Crippen molar-refractivity contribution in [1.29, 1.82) is 0 Å². The maximum atomic E-state index is 6.32. The highest BCUT2D eigenvalue weighted by atomic mass is 35.5. The Kier molecular flexibility index (Phi) is 5.81. The monoisotopic (exact) mass is 326 g/mol. The third kappa shape index (κ3) is 4.46. The van der Waals surface area contributed by atoms with Gasteiger partial charge >= 0.3 is 0 Å². The fraction of sp³-hybridized carbons (Fsp3) is 0.200. The van der Waals surface area contributed by atoms with Gasteiger partial charge in [-0.2, -0.15) is 0 Å². The van der Waals surface area contributed by atoms with E-state index in [1.807, 2.05) is 6.07 Å². The van der Waals surface area contributed by atoms with Crippen molar-refractivity contribution in [3.8, 4) is 0 Å². The molecule has 0 aliphatic carbocycles. The fourth-order valence-electron chi connectivity index (χ4n) is 2.41. The topological polar surface area (TPSA) is 0 Å². The van der Waals surface area contributed by atoms with Crippen molar-refractivity contribution >= 4 is 31.3 Å². The first-order chi connectivity index (χ1) is 10.5. The Balaban J connectivity index is 2.52. The molecule has 22 heavy (non-hydrogen) atoms. The van der Waals surface area contributed by atoms with Gasteiger partial charge < -0.3 is 0 Å². The summed E-state index contributed by atoms with van der Waals surface area (Å²) < 4.78 is 0. The minimum Gasteiger partial charge on any atom is -0.122 e. The zero-order valence-electron chi connectivity index (χ0n) is 13.5. The lowest BCUT2D eigenvalue weighted by molar-refractivity contribution is 1.51. The van der Waals surface area contributed by atoms with Crippen LogP contribution in [0.2, 0.25) is 19.6 Å². The van der Waals surface area contributed by atoms with Crippen LogP contribution in [0.1, 0.15) is 11.1 Å². The van der Waals surface area contributed by atoms with Crippen LogP contribution in [-0.4, -0.2) is 14.0 Å². The van der Waals surface area contributed by atoms with E-state index in [-0.39, 0.29) is 0 Å². The van der Waals surface area contributed by atoms with Crippen LogP contribution in [0.4, 0.5) is 0 Å². The Morgan fingerprint density at radius 2 is 1.45 bits per heavy atom. The Labute approximate surface area is 140 Å². The Morgan fingerprint density at radius 1 is 0.909 bits per heavy atom. The lowest BCUT2D eigenvalue weighted by Gasteiger charge is -2.23. The second-order valence-electron chi connectivity index (χ2n) is 6.39. The van der Waals surface area contributed by atoms with Crippen molar-refractivity contribution in [1.82, 2.24) is 0 Å². The molecular weight excluding hydrogens is 304 g/mol. The lowest BCUT2D eigenvalue weighted by Crippen LogP contribution is -2.26. The number of allylic oxidation sites excluding steroid dienone is 3. The maximum Gasteiger partial charge on any atom is 0.0748 e. The summed E-state index contributed by atoms with van der Waals surface area (Å²) >= 11 is 6.32. The van der Waals surface area contributed by atoms with Crippen molar-refractivity contribution < 1.29 is 0 Å². The van der Waals surface area contributed by atoms with Gasteiger partial charge in [-0.05, 0) is 16.7 Å². The van der Waals surface area contributed by atoms with Gasteiger partial charge in [0.25, 0.3) is 0 Å². The van der Waals surface area contributed by atoms with Crippen LogP contribution >= 0.6 is 11.6 Å². The van der Waals surface area contributed by atoms with E-state index in [2.05, 4.69) is 86.4 Å². The molecule has 0 aliphatic rings. The van der Waals surface area contributed by atoms with Crippen LogP contribution < -0.4 is 0 Å². The lowest BCUT2D eigenvalue weighted by atomic mass is 10.0. The first-order valence-electron chi connectivity index (χ1n) is 7.60. The van der Waals surface area contributed by atoms with Crippen molar-refractivity contribution in [2.24, 2.45) is 0 Å². The molecule has 0 saturated heterocycles. The smallest absolute Gasteiger partial charge is 0.0748 e. The van der Waals surface area contributed by atoms with Gasteiger partial charge in [0.15, 0.2) is 0 Å². The Bertz CT molecular complexity index is 649. The van der Waals surface area contributed by atoms with Crippen LogP contribution in [0.15, 0.2) is 71.9 Å². The standard InChI is InChI=1S/C20H23ClSi/c1-22(2,3)20(16-21)19(18-12-8-5-9-13-18)15-14-17-10-6-4-7-11-17/h4-15H,16H2,1-3H3/b15-14+,20-19-.